The van der Waals surface area contributed by atoms with Gasteiger partial charge in [0.25, 0.3) is 0 Å². The maximum Gasteiger partial charge on any atom is 0.133 e. The summed E-state index contributed by atoms with van der Waals surface area (Å²) >= 11 is 3.38. The molecule has 2 heterocycles. The Labute approximate surface area is 121 Å². The molecule has 104 valence electrons. The first-order chi connectivity index (χ1) is 9.33. The molecule has 6 heteroatoms. The van der Waals surface area contributed by atoms with Gasteiger partial charge in [0.15, 0.2) is 0 Å². The molecule has 1 N–H and O–H groups in total. The predicted octanol–water partition coefficient (Wildman–Crippen LogP) is 2.31. The van der Waals surface area contributed by atoms with Crippen molar-refractivity contribution in [3.8, 4) is 9.88 Å². The fraction of sp³-hybridized carbons (Fsp3) is 0.462. The molecule has 2 aromatic rings. The van der Waals surface area contributed by atoms with Crippen molar-refractivity contribution in [3.05, 3.63) is 28.6 Å². The highest BCUT2D eigenvalue weighted by molar-refractivity contribution is 7.20. The number of thiophene rings is 1. The SMILES string of the molecule is COCCN(CCO)Cc1csc(-c2cccs2)n1. The highest BCUT2D eigenvalue weighted by Crippen LogP contribution is 2.28. The molecule has 0 aliphatic heterocycles. The summed E-state index contributed by atoms with van der Waals surface area (Å²) in [5, 5.41) is 14.3. The summed E-state index contributed by atoms with van der Waals surface area (Å²) in [6.07, 6.45) is 0. The van der Waals surface area contributed by atoms with Crippen LogP contribution < -0.4 is 0 Å². The van der Waals surface area contributed by atoms with Gasteiger partial charge in [-0.3, -0.25) is 4.90 Å². The van der Waals surface area contributed by atoms with Gasteiger partial charge in [0.05, 0.1) is 23.8 Å². The van der Waals surface area contributed by atoms with E-state index in [1.165, 1.54) is 4.88 Å². The second-order valence-electron chi connectivity index (χ2n) is 4.11. The predicted molar refractivity (Wildman–Crippen MR) is 79.7 cm³/mol. The summed E-state index contributed by atoms with van der Waals surface area (Å²) in [7, 11) is 1.69. The fourth-order valence-electron chi connectivity index (χ4n) is 1.75. The van der Waals surface area contributed by atoms with Crippen LogP contribution in [0.5, 0.6) is 0 Å². The summed E-state index contributed by atoms with van der Waals surface area (Å²) in [5.41, 5.74) is 1.05. The molecule has 0 radical (unpaired) electrons. The number of hydrogen-bond donors (Lipinski definition) is 1. The molecular weight excluding hydrogens is 280 g/mol. The zero-order valence-corrected chi connectivity index (χ0v) is 12.5. The van der Waals surface area contributed by atoms with Gasteiger partial charge in [-0.15, -0.1) is 22.7 Å². The van der Waals surface area contributed by atoms with Crippen molar-refractivity contribution in [3.63, 3.8) is 0 Å². The summed E-state index contributed by atoms with van der Waals surface area (Å²) < 4.78 is 5.08. The largest absolute Gasteiger partial charge is 0.395 e. The summed E-state index contributed by atoms with van der Waals surface area (Å²) in [4.78, 5) is 8.01. The van der Waals surface area contributed by atoms with Crippen LogP contribution in [0.25, 0.3) is 9.88 Å². The Morgan fingerprint density at radius 1 is 1.37 bits per heavy atom. The van der Waals surface area contributed by atoms with Crippen molar-refractivity contribution < 1.29 is 9.84 Å². The molecule has 0 saturated carbocycles. The van der Waals surface area contributed by atoms with E-state index in [0.29, 0.717) is 13.2 Å². The van der Waals surface area contributed by atoms with Gasteiger partial charge >= 0.3 is 0 Å². The van der Waals surface area contributed by atoms with Gasteiger partial charge in [-0.1, -0.05) is 6.07 Å². The van der Waals surface area contributed by atoms with Crippen molar-refractivity contribution in [2.75, 3.05) is 33.4 Å². The highest BCUT2D eigenvalue weighted by Gasteiger charge is 2.10. The molecule has 0 aliphatic carbocycles. The number of aliphatic hydroxyl groups excluding tert-OH is 1. The van der Waals surface area contributed by atoms with Crippen LogP contribution in [0.3, 0.4) is 0 Å². The number of aliphatic hydroxyl groups is 1. The smallest absolute Gasteiger partial charge is 0.133 e. The quantitative estimate of drug-likeness (QED) is 0.812. The summed E-state index contributed by atoms with van der Waals surface area (Å²) in [5.74, 6) is 0. The van der Waals surface area contributed by atoms with Crippen molar-refractivity contribution in [1.29, 1.82) is 0 Å². The van der Waals surface area contributed by atoms with Gasteiger partial charge in [0.2, 0.25) is 0 Å². The van der Waals surface area contributed by atoms with E-state index < -0.39 is 0 Å². The zero-order valence-electron chi connectivity index (χ0n) is 10.9. The van der Waals surface area contributed by atoms with Crippen LogP contribution in [0.15, 0.2) is 22.9 Å². The third kappa shape index (κ3) is 4.36. The Hall–Kier alpha value is -0.790. The lowest BCUT2D eigenvalue weighted by molar-refractivity contribution is 0.126. The van der Waals surface area contributed by atoms with Crippen LogP contribution in [0.1, 0.15) is 5.69 Å². The van der Waals surface area contributed by atoms with Gasteiger partial charge in [-0.25, -0.2) is 4.98 Å². The third-order valence-electron chi connectivity index (χ3n) is 2.70. The van der Waals surface area contributed by atoms with E-state index in [-0.39, 0.29) is 6.61 Å². The number of nitrogens with zero attached hydrogens (tertiary/aromatic N) is 2. The van der Waals surface area contributed by atoms with Crippen LogP contribution in [-0.2, 0) is 11.3 Å². The third-order valence-corrected chi connectivity index (χ3v) is 4.63. The van der Waals surface area contributed by atoms with Gasteiger partial charge in [0.1, 0.15) is 5.01 Å². The second-order valence-corrected chi connectivity index (χ2v) is 5.92. The van der Waals surface area contributed by atoms with E-state index in [2.05, 4.69) is 26.7 Å². The molecular formula is C13H18N2O2S2. The van der Waals surface area contributed by atoms with Crippen molar-refractivity contribution in [1.82, 2.24) is 9.88 Å². The number of aromatic nitrogens is 1. The molecule has 0 bridgehead atoms. The first-order valence-corrected chi connectivity index (χ1v) is 7.90. The van der Waals surface area contributed by atoms with E-state index in [1.807, 2.05) is 6.07 Å². The lowest BCUT2D eigenvalue weighted by Crippen LogP contribution is -2.29. The molecule has 19 heavy (non-hydrogen) atoms. The Balaban J connectivity index is 1.97. The molecule has 0 fully saturated rings. The monoisotopic (exact) mass is 298 g/mol. The first-order valence-electron chi connectivity index (χ1n) is 6.14. The van der Waals surface area contributed by atoms with E-state index in [0.717, 1.165) is 23.8 Å². The molecule has 0 atom stereocenters. The van der Waals surface area contributed by atoms with Gasteiger partial charge in [0, 0.05) is 32.1 Å². The molecule has 0 aliphatic rings. The maximum atomic E-state index is 9.07. The van der Waals surface area contributed by atoms with Gasteiger partial charge in [-0.2, -0.15) is 0 Å². The van der Waals surface area contributed by atoms with E-state index in [4.69, 9.17) is 9.84 Å². The number of rotatable bonds is 8. The topological polar surface area (TPSA) is 45.6 Å². The molecule has 0 amide bonds. The molecule has 0 saturated heterocycles. The van der Waals surface area contributed by atoms with Crippen molar-refractivity contribution in [2.45, 2.75) is 6.54 Å². The molecule has 2 aromatic heterocycles. The van der Waals surface area contributed by atoms with Crippen LogP contribution in [0, 0.1) is 0 Å². The Bertz CT molecular complexity index is 471. The standard InChI is InChI=1S/C13H18N2O2S2/c1-17-7-5-15(4-6-16)9-11-10-19-13(14-11)12-3-2-8-18-12/h2-3,8,10,16H,4-7,9H2,1H3. The fourth-order valence-corrected chi connectivity index (χ4v) is 3.38. The minimum Gasteiger partial charge on any atom is -0.395 e. The minimum absolute atomic E-state index is 0.158. The number of thiazole rings is 1. The summed E-state index contributed by atoms with van der Waals surface area (Å²) in [6, 6.07) is 4.13. The highest BCUT2D eigenvalue weighted by atomic mass is 32.1. The lowest BCUT2D eigenvalue weighted by Gasteiger charge is -2.19. The second kappa shape index (κ2) is 7.72. The minimum atomic E-state index is 0.158. The average molecular weight is 298 g/mol. The molecule has 0 unspecified atom stereocenters. The van der Waals surface area contributed by atoms with E-state index in [9.17, 15) is 0 Å². The van der Waals surface area contributed by atoms with Crippen LogP contribution in [-0.4, -0.2) is 48.4 Å². The lowest BCUT2D eigenvalue weighted by atomic mass is 10.4. The Morgan fingerprint density at radius 2 is 2.26 bits per heavy atom. The maximum absolute atomic E-state index is 9.07. The molecule has 2 rings (SSSR count). The Kier molecular flexibility index (Phi) is 5.93. The summed E-state index contributed by atoms with van der Waals surface area (Å²) in [6.45, 7) is 3.04. The average Bonchev–Trinajstić information content (AvgIpc) is 3.06. The Morgan fingerprint density at radius 3 is 2.95 bits per heavy atom. The normalized spacial score (nSPS) is 11.3. The van der Waals surface area contributed by atoms with Gasteiger partial charge in [-0.05, 0) is 11.4 Å². The van der Waals surface area contributed by atoms with Gasteiger partial charge < -0.3 is 9.84 Å². The number of hydrogen-bond acceptors (Lipinski definition) is 6. The van der Waals surface area contributed by atoms with E-state index in [1.54, 1.807) is 29.8 Å². The van der Waals surface area contributed by atoms with Crippen LogP contribution in [0.2, 0.25) is 0 Å². The number of ether oxygens (including phenoxy) is 1. The molecule has 4 nitrogen and oxygen atoms in total. The molecule has 0 aromatic carbocycles. The van der Waals surface area contributed by atoms with Crippen molar-refractivity contribution in [2.24, 2.45) is 0 Å². The molecule has 0 spiro atoms. The van der Waals surface area contributed by atoms with Crippen LogP contribution in [0.4, 0.5) is 0 Å². The number of methoxy groups -OCH3 is 1. The van der Waals surface area contributed by atoms with E-state index >= 15 is 0 Å². The first kappa shape index (κ1) is 14.6. The zero-order chi connectivity index (χ0) is 13.5. The van der Waals surface area contributed by atoms with Crippen molar-refractivity contribution >= 4 is 22.7 Å². The van der Waals surface area contributed by atoms with Crippen LogP contribution >= 0.6 is 22.7 Å².